The molecule has 1 aliphatic carbocycles. The summed E-state index contributed by atoms with van der Waals surface area (Å²) in [5, 5.41) is 17.1. The van der Waals surface area contributed by atoms with Crippen molar-refractivity contribution in [1.82, 2.24) is 4.90 Å². The molecule has 74 valence electrons. The van der Waals surface area contributed by atoms with Crippen molar-refractivity contribution in [2.24, 2.45) is 0 Å². The van der Waals surface area contributed by atoms with E-state index < -0.39 is 11.9 Å². The second-order valence-corrected chi connectivity index (χ2v) is 3.11. The summed E-state index contributed by atoms with van der Waals surface area (Å²) in [5.74, 6) is -2.35. The molecule has 1 saturated carbocycles. The maximum Gasteiger partial charge on any atom is 0.394 e. The molecule has 1 rings (SSSR count). The molecule has 1 fully saturated rings. The van der Waals surface area contributed by atoms with Gasteiger partial charge in [-0.15, -0.1) is 0 Å². The normalized spacial score (nSPS) is 16.4. The van der Waals surface area contributed by atoms with Gasteiger partial charge in [-0.25, -0.2) is 4.79 Å². The van der Waals surface area contributed by atoms with Gasteiger partial charge in [-0.2, -0.15) is 0 Å². The molecule has 5 heteroatoms. The van der Waals surface area contributed by atoms with E-state index in [2.05, 4.69) is 0 Å². The summed E-state index contributed by atoms with van der Waals surface area (Å²) in [6, 6.07) is 0.0238. The van der Waals surface area contributed by atoms with Crippen LogP contribution < -0.4 is 0 Å². The molecule has 0 aromatic heterocycles. The predicted molar refractivity (Wildman–Crippen MR) is 44.1 cm³/mol. The van der Waals surface area contributed by atoms with Crippen molar-refractivity contribution in [3.8, 4) is 0 Å². The molecule has 0 atom stereocenters. The zero-order valence-corrected chi connectivity index (χ0v) is 7.27. The number of amides is 1. The first-order valence-electron chi connectivity index (χ1n) is 4.31. The fourth-order valence-corrected chi connectivity index (χ4v) is 1.38. The highest BCUT2D eigenvalue weighted by Crippen LogP contribution is 2.24. The highest BCUT2D eigenvalue weighted by molar-refractivity contribution is 6.31. The Morgan fingerprint density at radius 3 is 2.31 bits per heavy atom. The quantitative estimate of drug-likeness (QED) is 0.581. The summed E-state index contributed by atoms with van der Waals surface area (Å²) in [6.45, 7) is -0.0642. The zero-order chi connectivity index (χ0) is 9.84. The number of aliphatic hydroxyl groups excluding tert-OH is 1. The van der Waals surface area contributed by atoms with E-state index in [1.54, 1.807) is 0 Å². The molecule has 0 aliphatic heterocycles. The summed E-state index contributed by atoms with van der Waals surface area (Å²) in [4.78, 5) is 22.7. The minimum atomic E-state index is -1.44. The molecule has 1 aliphatic rings. The average Bonchev–Trinajstić information content (AvgIpc) is 1.99. The first kappa shape index (κ1) is 9.98. The molecule has 0 unspecified atom stereocenters. The number of carboxylic acids is 1. The lowest BCUT2D eigenvalue weighted by atomic mass is 9.91. The SMILES string of the molecule is O=C(O)C(=O)N(CCO)C1CCC1. The average molecular weight is 187 g/mol. The van der Waals surface area contributed by atoms with Gasteiger partial charge in [-0.1, -0.05) is 0 Å². The Bertz CT molecular complexity index is 212. The molecule has 0 saturated heterocycles. The van der Waals surface area contributed by atoms with Crippen molar-refractivity contribution in [3.63, 3.8) is 0 Å². The fraction of sp³-hybridized carbons (Fsp3) is 0.750. The lowest BCUT2D eigenvalue weighted by Gasteiger charge is -2.36. The molecule has 2 N–H and O–H groups in total. The highest BCUT2D eigenvalue weighted by atomic mass is 16.4. The molecule has 0 radical (unpaired) electrons. The maximum absolute atomic E-state index is 11.1. The second kappa shape index (κ2) is 4.23. The highest BCUT2D eigenvalue weighted by Gasteiger charge is 2.31. The van der Waals surface area contributed by atoms with Crippen molar-refractivity contribution < 1.29 is 19.8 Å². The van der Waals surface area contributed by atoms with E-state index >= 15 is 0 Å². The number of rotatable bonds is 3. The van der Waals surface area contributed by atoms with Crippen LogP contribution in [0.4, 0.5) is 0 Å². The van der Waals surface area contributed by atoms with Gasteiger partial charge >= 0.3 is 11.9 Å². The van der Waals surface area contributed by atoms with Crippen LogP contribution in [0.25, 0.3) is 0 Å². The molecule has 5 nitrogen and oxygen atoms in total. The van der Waals surface area contributed by atoms with Crippen molar-refractivity contribution in [1.29, 1.82) is 0 Å². The van der Waals surface area contributed by atoms with Gasteiger partial charge in [0.15, 0.2) is 0 Å². The van der Waals surface area contributed by atoms with Gasteiger partial charge in [0.05, 0.1) is 6.61 Å². The Morgan fingerprint density at radius 1 is 1.38 bits per heavy atom. The number of carbonyl (C=O) groups is 2. The van der Waals surface area contributed by atoms with E-state index in [0.29, 0.717) is 0 Å². The van der Waals surface area contributed by atoms with E-state index in [1.165, 1.54) is 4.90 Å². The Labute approximate surface area is 76.0 Å². The molecular weight excluding hydrogens is 174 g/mol. The Morgan fingerprint density at radius 2 is 2.00 bits per heavy atom. The van der Waals surface area contributed by atoms with Gasteiger partial charge < -0.3 is 15.1 Å². The Balaban J connectivity index is 2.55. The summed E-state index contributed by atoms with van der Waals surface area (Å²) in [7, 11) is 0. The predicted octanol–water partition coefficient (Wildman–Crippen LogP) is -0.556. The third-order valence-electron chi connectivity index (χ3n) is 2.30. The molecule has 13 heavy (non-hydrogen) atoms. The van der Waals surface area contributed by atoms with E-state index in [0.717, 1.165) is 19.3 Å². The van der Waals surface area contributed by atoms with E-state index in [9.17, 15) is 9.59 Å². The van der Waals surface area contributed by atoms with Gasteiger partial charge in [0.25, 0.3) is 0 Å². The van der Waals surface area contributed by atoms with Crippen LogP contribution in [-0.4, -0.2) is 46.2 Å². The Hall–Kier alpha value is -1.10. The number of hydrogen-bond donors (Lipinski definition) is 2. The molecular formula is C8H13NO4. The van der Waals surface area contributed by atoms with Crippen molar-refractivity contribution in [3.05, 3.63) is 0 Å². The van der Waals surface area contributed by atoms with E-state index in [-0.39, 0.29) is 19.2 Å². The van der Waals surface area contributed by atoms with Crippen LogP contribution in [0.2, 0.25) is 0 Å². The zero-order valence-electron chi connectivity index (χ0n) is 7.27. The topological polar surface area (TPSA) is 77.8 Å². The largest absolute Gasteiger partial charge is 0.474 e. The standard InChI is InChI=1S/C8H13NO4/c10-5-4-9(6-2-1-3-6)7(11)8(12)13/h6,10H,1-5H2,(H,12,13). The molecule has 0 spiro atoms. The minimum Gasteiger partial charge on any atom is -0.474 e. The Kier molecular flexibility index (Phi) is 3.25. The van der Waals surface area contributed by atoms with Crippen molar-refractivity contribution in [2.45, 2.75) is 25.3 Å². The van der Waals surface area contributed by atoms with Crippen LogP contribution in [-0.2, 0) is 9.59 Å². The molecule has 0 heterocycles. The number of nitrogens with zero attached hydrogens (tertiary/aromatic N) is 1. The summed E-state index contributed by atoms with van der Waals surface area (Å²) < 4.78 is 0. The van der Waals surface area contributed by atoms with Crippen LogP contribution in [0.3, 0.4) is 0 Å². The first-order chi connectivity index (χ1) is 6.16. The third-order valence-corrected chi connectivity index (χ3v) is 2.30. The van der Waals surface area contributed by atoms with Crippen molar-refractivity contribution >= 4 is 11.9 Å². The maximum atomic E-state index is 11.1. The molecule has 1 amide bonds. The minimum absolute atomic E-state index is 0.0238. The van der Waals surface area contributed by atoms with Crippen LogP contribution in [0.5, 0.6) is 0 Å². The fourth-order valence-electron chi connectivity index (χ4n) is 1.38. The van der Waals surface area contributed by atoms with Gasteiger partial charge in [0.1, 0.15) is 0 Å². The number of carboxylic acid groups (broad SMARTS) is 1. The first-order valence-corrected chi connectivity index (χ1v) is 4.31. The molecule has 0 aromatic rings. The monoisotopic (exact) mass is 187 g/mol. The number of carbonyl (C=O) groups excluding carboxylic acids is 1. The number of aliphatic carboxylic acids is 1. The van der Waals surface area contributed by atoms with Crippen LogP contribution in [0.1, 0.15) is 19.3 Å². The molecule has 0 bridgehead atoms. The van der Waals surface area contributed by atoms with Crippen molar-refractivity contribution in [2.75, 3.05) is 13.2 Å². The summed E-state index contributed by atoms with van der Waals surface area (Å²) in [6.07, 6.45) is 2.72. The van der Waals surface area contributed by atoms with Crippen LogP contribution >= 0.6 is 0 Å². The summed E-state index contributed by atoms with van der Waals surface area (Å²) in [5.41, 5.74) is 0. The second-order valence-electron chi connectivity index (χ2n) is 3.11. The third kappa shape index (κ3) is 2.18. The van der Waals surface area contributed by atoms with E-state index in [4.69, 9.17) is 10.2 Å². The van der Waals surface area contributed by atoms with Gasteiger partial charge in [0, 0.05) is 12.6 Å². The van der Waals surface area contributed by atoms with Gasteiger partial charge in [-0.05, 0) is 19.3 Å². The number of aliphatic hydroxyl groups is 1. The lowest BCUT2D eigenvalue weighted by molar-refractivity contribution is -0.158. The van der Waals surface area contributed by atoms with Gasteiger partial charge in [0.2, 0.25) is 0 Å². The van der Waals surface area contributed by atoms with Crippen LogP contribution in [0.15, 0.2) is 0 Å². The van der Waals surface area contributed by atoms with Crippen LogP contribution in [0, 0.1) is 0 Å². The lowest BCUT2D eigenvalue weighted by Crippen LogP contribution is -2.48. The smallest absolute Gasteiger partial charge is 0.394 e. The van der Waals surface area contributed by atoms with Gasteiger partial charge in [-0.3, -0.25) is 4.79 Å². The van der Waals surface area contributed by atoms with E-state index in [1.807, 2.05) is 0 Å². The number of hydrogen-bond acceptors (Lipinski definition) is 3. The molecule has 0 aromatic carbocycles. The summed E-state index contributed by atoms with van der Waals surface area (Å²) >= 11 is 0.